The minimum atomic E-state index is -0.438. The van der Waals surface area contributed by atoms with Gasteiger partial charge in [0.25, 0.3) is 0 Å². The van der Waals surface area contributed by atoms with Crippen LogP contribution in [-0.4, -0.2) is 43.0 Å². The number of nitrogens with zero attached hydrogens (tertiary/aromatic N) is 1. The van der Waals surface area contributed by atoms with Gasteiger partial charge in [-0.15, -0.1) is 0 Å². The molecule has 2 amide bonds. The van der Waals surface area contributed by atoms with Gasteiger partial charge in [-0.3, -0.25) is 0 Å². The number of benzene rings is 1. The van der Waals surface area contributed by atoms with Crippen molar-refractivity contribution in [1.29, 1.82) is 0 Å². The van der Waals surface area contributed by atoms with Crippen molar-refractivity contribution in [3.8, 4) is 0 Å². The molecule has 6 heteroatoms. The number of hydrogen-bond acceptors (Lipinski definition) is 3. The first-order valence-electron chi connectivity index (χ1n) is 7.67. The van der Waals surface area contributed by atoms with Gasteiger partial charge in [0, 0.05) is 30.4 Å². The molecule has 0 radical (unpaired) electrons. The minimum Gasteiger partial charge on any atom is -0.347 e. The molecule has 1 aromatic carbocycles. The first-order chi connectivity index (χ1) is 10.6. The molecule has 2 aliphatic rings. The monoisotopic (exact) mass is 368 g/mol. The summed E-state index contributed by atoms with van der Waals surface area (Å²) >= 11 is 3.46. The molecular weight excluding hydrogens is 348 g/mol. The fourth-order valence-corrected chi connectivity index (χ4v) is 3.39. The highest BCUT2D eigenvalue weighted by Gasteiger charge is 2.40. The quantitative estimate of drug-likeness (QED) is 0.872. The van der Waals surface area contributed by atoms with Crippen molar-refractivity contribution >= 4 is 22.0 Å². The van der Waals surface area contributed by atoms with Gasteiger partial charge in [0.05, 0.1) is 19.3 Å². The maximum atomic E-state index is 12.4. The predicted octanol–water partition coefficient (Wildman–Crippen LogP) is 3.06. The molecule has 1 spiro atoms. The molecule has 2 aliphatic heterocycles. The first kappa shape index (κ1) is 15.8. The van der Waals surface area contributed by atoms with E-state index in [0.29, 0.717) is 26.3 Å². The molecule has 1 aromatic rings. The molecule has 120 valence electrons. The van der Waals surface area contributed by atoms with E-state index in [-0.39, 0.29) is 12.1 Å². The van der Waals surface area contributed by atoms with E-state index in [9.17, 15) is 4.79 Å². The Kier molecular flexibility index (Phi) is 4.70. The van der Waals surface area contributed by atoms with Crippen LogP contribution in [0.4, 0.5) is 4.79 Å². The van der Waals surface area contributed by atoms with Crippen LogP contribution in [0.25, 0.3) is 0 Å². The molecule has 5 nitrogen and oxygen atoms in total. The molecule has 0 aromatic heterocycles. The lowest BCUT2D eigenvalue weighted by Gasteiger charge is -2.37. The van der Waals surface area contributed by atoms with Crippen LogP contribution >= 0.6 is 15.9 Å². The number of ether oxygens (including phenoxy) is 2. The fraction of sp³-hybridized carbons (Fsp3) is 0.562. The summed E-state index contributed by atoms with van der Waals surface area (Å²) in [5, 5.41) is 3.06. The molecule has 0 bridgehead atoms. The second kappa shape index (κ2) is 6.56. The number of carbonyl (C=O) groups excluding carboxylic acids is 1. The number of carbonyl (C=O) groups is 1. The van der Waals surface area contributed by atoms with Gasteiger partial charge < -0.3 is 19.7 Å². The molecule has 1 unspecified atom stereocenters. The second-order valence-corrected chi connectivity index (χ2v) is 6.74. The van der Waals surface area contributed by atoms with Crippen LogP contribution in [0.5, 0.6) is 0 Å². The van der Waals surface area contributed by atoms with Crippen molar-refractivity contribution in [3.63, 3.8) is 0 Å². The van der Waals surface area contributed by atoms with Gasteiger partial charge in [0.1, 0.15) is 0 Å². The van der Waals surface area contributed by atoms with Crippen molar-refractivity contribution in [3.05, 3.63) is 34.3 Å². The number of likely N-dealkylation sites (tertiary alicyclic amines) is 1. The lowest BCUT2D eigenvalue weighted by atomic mass is 10.0. The van der Waals surface area contributed by atoms with Crippen LogP contribution in [0, 0.1) is 0 Å². The summed E-state index contributed by atoms with van der Waals surface area (Å²) in [7, 11) is 0. The topological polar surface area (TPSA) is 50.8 Å². The van der Waals surface area contributed by atoms with Crippen LogP contribution in [0.1, 0.15) is 31.4 Å². The Labute approximate surface area is 139 Å². The van der Waals surface area contributed by atoms with Gasteiger partial charge in [0.2, 0.25) is 0 Å². The summed E-state index contributed by atoms with van der Waals surface area (Å²) in [5.41, 5.74) is 1.08. The largest absolute Gasteiger partial charge is 0.347 e. The molecule has 1 N–H and O–H groups in total. The highest BCUT2D eigenvalue weighted by Crippen LogP contribution is 2.31. The molecule has 22 heavy (non-hydrogen) atoms. The zero-order valence-electron chi connectivity index (χ0n) is 12.7. The summed E-state index contributed by atoms with van der Waals surface area (Å²) < 4.78 is 12.4. The smallest absolute Gasteiger partial charge is 0.317 e. The number of nitrogens with one attached hydrogen (secondary N) is 1. The Balaban J connectivity index is 1.54. The molecule has 1 atom stereocenters. The van der Waals surface area contributed by atoms with Gasteiger partial charge in [-0.1, -0.05) is 28.1 Å². The van der Waals surface area contributed by atoms with Crippen molar-refractivity contribution in [2.45, 2.75) is 31.6 Å². The number of amides is 2. The molecule has 0 saturated carbocycles. The number of halogens is 1. The number of hydrogen-bond donors (Lipinski definition) is 1. The zero-order chi connectivity index (χ0) is 15.6. The van der Waals surface area contributed by atoms with Crippen LogP contribution in [0.2, 0.25) is 0 Å². The summed E-state index contributed by atoms with van der Waals surface area (Å²) in [6.45, 7) is 4.64. The van der Waals surface area contributed by atoms with E-state index in [4.69, 9.17) is 9.47 Å². The number of rotatable bonds is 2. The van der Waals surface area contributed by atoms with Crippen LogP contribution in [0.3, 0.4) is 0 Å². The Morgan fingerprint density at radius 1 is 1.32 bits per heavy atom. The Morgan fingerprint density at radius 3 is 2.64 bits per heavy atom. The molecule has 0 aliphatic carbocycles. The summed E-state index contributed by atoms with van der Waals surface area (Å²) in [5.74, 6) is -0.438. The summed E-state index contributed by atoms with van der Waals surface area (Å²) in [6, 6.07) is 7.93. The van der Waals surface area contributed by atoms with Gasteiger partial charge >= 0.3 is 6.03 Å². The SMILES string of the molecule is CC(NC(=O)N1CCC2(CC1)OCCO2)c1cccc(Br)c1. The van der Waals surface area contributed by atoms with E-state index in [1.165, 1.54) is 0 Å². The van der Waals surface area contributed by atoms with E-state index in [1.807, 2.05) is 36.1 Å². The highest BCUT2D eigenvalue weighted by molar-refractivity contribution is 9.10. The molecule has 2 heterocycles. The molecule has 2 fully saturated rings. The van der Waals surface area contributed by atoms with Crippen LogP contribution in [-0.2, 0) is 9.47 Å². The van der Waals surface area contributed by atoms with Crippen LogP contribution < -0.4 is 5.32 Å². The van der Waals surface area contributed by atoms with E-state index >= 15 is 0 Å². The third kappa shape index (κ3) is 3.45. The van der Waals surface area contributed by atoms with Gasteiger partial charge in [-0.2, -0.15) is 0 Å². The van der Waals surface area contributed by atoms with Crippen molar-refractivity contribution in [2.24, 2.45) is 0 Å². The van der Waals surface area contributed by atoms with Gasteiger partial charge in [0.15, 0.2) is 5.79 Å². The van der Waals surface area contributed by atoms with Crippen molar-refractivity contribution in [2.75, 3.05) is 26.3 Å². The second-order valence-electron chi connectivity index (χ2n) is 5.82. The van der Waals surface area contributed by atoms with Crippen LogP contribution in [0.15, 0.2) is 28.7 Å². The zero-order valence-corrected chi connectivity index (χ0v) is 14.3. The number of urea groups is 1. The Bertz CT molecular complexity index is 536. The van der Waals surface area contributed by atoms with Gasteiger partial charge in [-0.05, 0) is 24.6 Å². The van der Waals surface area contributed by atoms with E-state index < -0.39 is 5.79 Å². The maximum absolute atomic E-state index is 12.4. The Hall–Kier alpha value is -1.11. The van der Waals surface area contributed by atoms with E-state index in [0.717, 1.165) is 22.9 Å². The normalized spacial score (nSPS) is 21.8. The summed E-state index contributed by atoms with van der Waals surface area (Å²) in [4.78, 5) is 14.2. The highest BCUT2D eigenvalue weighted by atomic mass is 79.9. The molecular formula is C16H21BrN2O3. The van der Waals surface area contributed by atoms with Crippen molar-refractivity contribution < 1.29 is 14.3 Å². The third-order valence-corrected chi connectivity index (χ3v) is 4.81. The average molecular weight is 369 g/mol. The molecule has 2 saturated heterocycles. The maximum Gasteiger partial charge on any atom is 0.317 e. The lowest BCUT2D eigenvalue weighted by Crippen LogP contribution is -2.50. The van der Waals surface area contributed by atoms with Gasteiger partial charge in [-0.25, -0.2) is 4.79 Å². The van der Waals surface area contributed by atoms with E-state index in [2.05, 4.69) is 21.2 Å². The Morgan fingerprint density at radius 2 is 2.00 bits per heavy atom. The minimum absolute atomic E-state index is 0.0275. The molecule has 3 rings (SSSR count). The fourth-order valence-electron chi connectivity index (χ4n) is 2.97. The third-order valence-electron chi connectivity index (χ3n) is 4.31. The average Bonchev–Trinajstić information content (AvgIpc) is 2.96. The van der Waals surface area contributed by atoms with E-state index in [1.54, 1.807) is 0 Å². The summed E-state index contributed by atoms with van der Waals surface area (Å²) in [6.07, 6.45) is 1.48. The van der Waals surface area contributed by atoms with Crippen molar-refractivity contribution in [1.82, 2.24) is 10.2 Å². The lowest BCUT2D eigenvalue weighted by molar-refractivity contribution is -0.181. The number of piperidine rings is 1. The predicted molar refractivity (Wildman–Crippen MR) is 86.5 cm³/mol. The standard InChI is InChI=1S/C16H21BrN2O3/c1-12(13-3-2-4-14(17)11-13)18-15(20)19-7-5-16(6-8-19)21-9-10-22-16/h2-4,11-12H,5-10H2,1H3,(H,18,20). The first-order valence-corrected chi connectivity index (χ1v) is 8.46.